The molecular weight excluding hydrogens is 346 g/mol. The maximum absolute atomic E-state index is 12.0. The fourth-order valence-corrected chi connectivity index (χ4v) is 2.38. The number of anilines is 1. The van der Waals surface area contributed by atoms with Gasteiger partial charge in [0.1, 0.15) is 0 Å². The van der Waals surface area contributed by atoms with E-state index in [0.29, 0.717) is 13.1 Å². The minimum absolute atomic E-state index is 0.0415. The topological polar surface area (TPSA) is 52.7 Å². The monoisotopic (exact) mass is 369 g/mol. The molecule has 0 saturated heterocycles. The van der Waals surface area contributed by atoms with Crippen LogP contribution in [0.25, 0.3) is 0 Å². The number of benzene rings is 1. The van der Waals surface area contributed by atoms with Crippen LogP contribution in [-0.2, 0) is 9.59 Å². The number of carbonyl (C=O) groups is 2. The van der Waals surface area contributed by atoms with E-state index >= 15 is 0 Å². The lowest BCUT2D eigenvalue weighted by atomic mass is 10.2. The summed E-state index contributed by atoms with van der Waals surface area (Å²) in [7, 11) is 1.77. The first kappa shape index (κ1) is 18.6. The molecule has 1 rings (SSSR count). The Morgan fingerprint density at radius 3 is 2.36 bits per heavy atom. The summed E-state index contributed by atoms with van der Waals surface area (Å²) in [4.78, 5) is 27.5. The van der Waals surface area contributed by atoms with E-state index in [1.807, 2.05) is 39.0 Å². The van der Waals surface area contributed by atoms with Crippen LogP contribution in [0.4, 0.5) is 5.69 Å². The van der Waals surface area contributed by atoms with Gasteiger partial charge in [0.2, 0.25) is 11.8 Å². The zero-order valence-corrected chi connectivity index (χ0v) is 15.2. The van der Waals surface area contributed by atoms with Gasteiger partial charge < -0.3 is 10.2 Å². The molecule has 0 radical (unpaired) electrons. The van der Waals surface area contributed by atoms with Crippen LogP contribution in [0.5, 0.6) is 0 Å². The van der Waals surface area contributed by atoms with Gasteiger partial charge in [-0.1, -0.05) is 15.9 Å². The Hall–Kier alpha value is -1.40. The fourth-order valence-electron chi connectivity index (χ4n) is 2.13. The van der Waals surface area contributed by atoms with Crippen LogP contribution in [0.3, 0.4) is 0 Å². The molecule has 0 atom stereocenters. The third-order valence-corrected chi connectivity index (χ3v) is 4.27. The zero-order chi connectivity index (χ0) is 16.7. The first-order valence-corrected chi connectivity index (χ1v) is 8.19. The van der Waals surface area contributed by atoms with Gasteiger partial charge in [-0.15, -0.1) is 0 Å². The molecule has 6 heteroatoms. The average Bonchev–Trinajstić information content (AvgIpc) is 2.43. The van der Waals surface area contributed by atoms with Crippen LogP contribution in [0, 0.1) is 6.92 Å². The molecule has 2 amide bonds. The van der Waals surface area contributed by atoms with Crippen molar-refractivity contribution in [2.45, 2.75) is 20.8 Å². The van der Waals surface area contributed by atoms with E-state index in [1.54, 1.807) is 16.8 Å². The Morgan fingerprint density at radius 1 is 1.18 bits per heavy atom. The first-order valence-electron chi connectivity index (χ1n) is 7.39. The van der Waals surface area contributed by atoms with E-state index in [2.05, 4.69) is 21.2 Å². The van der Waals surface area contributed by atoms with E-state index in [9.17, 15) is 9.59 Å². The smallest absolute Gasteiger partial charge is 0.238 e. The van der Waals surface area contributed by atoms with Gasteiger partial charge in [-0.05, 0) is 51.6 Å². The summed E-state index contributed by atoms with van der Waals surface area (Å²) in [6.07, 6.45) is 0. The largest absolute Gasteiger partial charge is 0.342 e. The number of likely N-dealkylation sites (N-methyl/N-ethyl adjacent to an activating group) is 2. The van der Waals surface area contributed by atoms with Crippen molar-refractivity contribution < 1.29 is 9.59 Å². The van der Waals surface area contributed by atoms with E-state index < -0.39 is 0 Å². The molecule has 5 nitrogen and oxygen atoms in total. The van der Waals surface area contributed by atoms with Gasteiger partial charge in [-0.3, -0.25) is 14.5 Å². The Bertz CT molecular complexity index is 530. The number of rotatable bonds is 7. The molecule has 1 aromatic rings. The normalized spacial score (nSPS) is 10.6. The molecule has 0 bridgehead atoms. The average molecular weight is 370 g/mol. The number of halogens is 1. The summed E-state index contributed by atoms with van der Waals surface area (Å²) in [5.41, 5.74) is 1.82. The van der Waals surface area contributed by atoms with Gasteiger partial charge in [0.25, 0.3) is 0 Å². The molecule has 22 heavy (non-hydrogen) atoms. The van der Waals surface area contributed by atoms with Crippen molar-refractivity contribution in [1.29, 1.82) is 0 Å². The number of amides is 2. The van der Waals surface area contributed by atoms with Crippen molar-refractivity contribution in [2.24, 2.45) is 0 Å². The lowest BCUT2D eigenvalue weighted by Crippen LogP contribution is -2.41. The second-order valence-electron chi connectivity index (χ2n) is 5.25. The second kappa shape index (κ2) is 8.90. The minimum atomic E-state index is -0.128. The molecule has 1 aromatic carbocycles. The SMILES string of the molecule is CCN(CC)C(=O)CN(C)CC(=O)Nc1ccc(Br)c(C)c1. The van der Waals surface area contributed by atoms with Gasteiger partial charge in [0.15, 0.2) is 0 Å². The van der Waals surface area contributed by atoms with Crippen molar-refractivity contribution in [3.05, 3.63) is 28.2 Å². The molecule has 0 saturated carbocycles. The summed E-state index contributed by atoms with van der Waals surface area (Å²) in [6, 6.07) is 5.65. The number of nitrogens with one attached hydrogen (secondary N) is 1. The summed E-state index contributed by atoms with van der Waals surface area (Å²) >= 11 is 3.43. The number of carbonyl (C=O) groups excluding carboxylic acids is 2. The summed E-state index contributed by atoms with van der Waals surface area (Å²) in [5, 5.41) is 2.84. The summed E-state index contributed by atoms with van der Waals surface area (Å²) < 4.78 is 1.01. The van der Waals surface area contributed by atoms with Crippen molar-refractivity contribution in [1.82, 2.24) is 9.80 Å². The first-order chi connectivity index (χ1) is 10.4. The standard InChI is InChI=1S/C16H24BrN3O2/c1-5-20(6-2)16(22)11-19(4)10-15(21)18-13-7-8-14(17)12(3)9-13/h7-9H,5-6,10-11H2,1-4H3,(H,18,21). The predicted octanol–water partition coefficient (Wildman–Crippen LogP) is 2.50. The van der Waals surface area contributed by atoms with Crippen LogP contribution in [0.1, 0.15) is 19.4 Å². The Morgan fingerprint density at radius 2 is 1.82 bits per heavy atom. The molecule has 122 valence electrons. The third-order valence-electron chi connectivity index (χ3n) is 3.38. The van der Waals surface area contributed by atoms with Gasteiger partial charge in [-0.2, -0.15) is 0 Å². The molecule has 0 unspecified atom stereocenters. The molecule has 0 aliphatic rings. The third kappa shape index (κ3) is 5.77. The molecular formula is C16H24BrN3O2. The number of hydrogen-bond acceptors (Lipinski definition) is 3. The molecule has 0 aromatic heterocycles. The Kier molecular flexibility index (Phi) is 7.55. The fraction of sp³-hybridized carbons (Fsp3) is 0.500. The van der Waals surface area contributed by atoms with Crippen LogP contribution >= 0.6 is 15.9 Å². The van der Waals surface area contributed by atoms with E-state index in [0.717, 1.165) is 15.7 Å². The van der Waals surface area contributed by atoms with Crippen LogP contribution in [0.15, 0.2) is 22.7 Å². The highest BCUT2D eigenvalue weighted by Gasteiger charge is 2.14. The zero-order valence-electron chi connectivity index (χ0n) is 13.6. The Labute approximate surface area is 140 Å². The highest BCUT2D eigenvalue weighted by molar-refractivity contribution is 9.10. The minimum Gasteiger partial charge on any atom is -0.342 e. The van der Waals surface area contributed by atoms with Gasteiger partial charge in [0.05, 0.1) is 13.1 Å². The van der Waals surface area contributed by atoms with Crippen molar-refractivity contribution in [3.8, 4) is 0 Å². The van der Waals surface area contributed by atoms with Crippen molar-refractivity contribution in [2.75, 3.05) is 38.5 Å². The van der Waals surface area contributed by atoms with E-state index in [1.165, 1.54) is 0 Å². The molecule has 0 spiro atoms. The quantitative estimate of drug-likeness (QED) is 0.803. The molecule has 0 aliphatic carbocycles. The molecule has 0 aliphatic heterocycles. The van der Waals surface area contributed by atoms with Gasteiger partial charge in [0, 0.05) is 23.2 Å². The summed E-state index contributed by atoms with van der Waals surface area (Å²) in [5.74, 6) is -0.0867. The van der Waals surface area contributed by atoms with Gasteiger partial charge >= 0.3 is 0 Å². The highest BCUT2D eigenvalue weighted by Crippen LogP contribution is 2.19. The predicted molar refractivity (Wildman–Crippen MR) is 92.9 cm³/mol. The number of aryl methyl sites for hydroxylation is 1. The number of nitrogens with zero attached hydrogens (tertiary/aromatic N) is 2. The van der Waals surface area contributed by atoms with Crippen molar-refractivity contribution in [3.63, 3.8) is 0 Å². The maximum Gasteiger partial charge on any atom is 0.238 e. The van der Waals surface area contributed by atoms with E-state index in [4.69, 9.17) is 0 Å². The lowest BCUT2D eigenvalue weighted by Gasteiger charge is -2.22. The number of hydrogen-bond donors (Lipinski definition) is 1. The molecule has 1 N–H and O–H groups in total. The van der Waals surface area contributed by atoms with E-state index in [-0.39, 0.29) is 24.9 Å². The van der Waals surface area contributed by atoms with Crippen LogP contribution < -0.4 is 5.32 Å². The molecule has 0 heterocycles. The van der Waals surface area contributed by atoms with Gasteiger partial charge in [-0.25, -0.2) is 0 Å². The highest BCUT2D eigenvalue weighted by atomic mass is 79.9. The second-order valence-corrected chi connectivity index (χ2v) is 6.10. The molecule has 0 fully saturated rings. The van der Waals surface area contributed by atoms with Crippen LogP contribution in [-0.4, -0.2) is 54.8 Å². The van der Waals surface area contributed by atoms with Crippen LogP contribution in [0.2, 0.25) is 0 Å². The summed E-state index contributed by atoms with van der Waals surface area (Å²) in [6.45, 7) is 7.67. The Balaban J connectivity index is 2.50. The lowest BCUT2D eigenvalue weighted by molar-refractivity contribution is -0.132. The van der Waals surface area contributed by atoms with Crippen molar-refractivity contribution >= 4 is 33.4 Å². The maximum atomic E-state index is 12.0.